The van der Waals surface area contributed by atoms with Crippen LogP contribution < -0.4 is 10.8 Å². The lowest BCUT2D eigenvalue weighted by Crippen LogP contribution is -2.76. The molecule has 0 saturated carbocycles. The molecule has 0 fully saturated rings. The van der Waals surface area contributed by atoms with Gasteiger partial charge in [0.15, 0.2) is 5.69 Å². The molecule has 0 saturated heterocycles. The van der Waals surface area contributed by atoms with Crippen LogP contribution in [-0.4, -0.2) is 14.2 Å². The van der Waals surface area contributed by atoms with Crippen LogP contribution in [0.1, 0.15) is 5.56 Å². The van der Waals surface area contributed by atoms with Crippen molar-refractivity contribution in [1.29, 1.82) is 0 Å². The van der Waals surface area contributed by atoms with Crippen molar-refractivity contribution in [1.82, 2.24) is 5.32 Å². The first kappa shape index (κ1) is 10.7. The Labute approximate surface area is 86.6 Å². The zero-order valence-electron chi connectivity index (χ0n) is 7.80. The molecule has 4 heteroatoms. The largest absolute Gasteiger partial charge is 0.315 e. The van der Waals surface area contributed by atoms with Gasteiger partial charge in [-0.2, -0.15) is 5.48 Å². The van der Waals surface area contributed by atoms with Crippen molar-refractivity contribution in [3.8, 4) is 0 Å². The molecule has 0 unspecified atom stereocenters. The molecular weight excluding hydrogens is 232 g/mol. The molecule has 0 amide bonds. The zero-order valence-corrected chi connectivity index (χ0v) is 9.39. The summed E-state index contributed by atoms with van der Waals surface area (Å²) in [6.45, 7) is 0.850. The van der Waals surface area contributed by atoms with E-state index in [2.05, 4.69) is 27.3 Å². The van der Waals surface area contributed by atoms with Crippen LogP contribution in [0, 0.1) is 0 Å². The summed E-state index contributed by atoms with van der Waals surface area (Å²) >= 11 is 3.42. The molecule has 1 aromatic carbocycles. The van der Waals surface area contributed by atoms with Crippen molar-refractivity contribution in [2.24, 2.45) is 0 Å². The summed E-state index contributed by atoms with van der Waals surface area (Å²) in [5.74, 6) is 0. The summed E-state index contributed by atoms with van der Waals surface area (Å²) in [6, 6.07) is 6.14. The molecule has 0 aromatic heterocycles. The summed E-state index contributed by atoms with van der Waals surface area (Å²) in [5, 5.41) is 3.11. The fraction of sp³-hybridized carbons (Fsp3) is 0.333. The second-order valence-electron chi connectivity index (χ2n) is 2.73. The normalized spacial score (nSPS) is 10.4. The molecule has 0 aliphatic heterocycles. The van der Waals surface area contributed by atoms with Gasteiger partial charge in [-0.05, 0) is 13.1 Å². The Kier molecular flexibility index (Phi) is 4.38. The van der Waals surface area contributed by atoms with E-state index in [9.17, 15) is 0 Å². The van der Waals surface area contributed by atoms with Crippen molar-refractivity contribution < 1.29 is 10.3 Å². The highest BCUT2D eigenvalue weighted by atomic mass is 79.9. The first-order chi connectivity index (χ1) is 6.27. The van der Waals surface area contributed by atoms with Crippen LogP contribution in [0.5, 0.6) is 0 Å². The zero-order chi connectivity index (χ0) is 9.68. The second kappa shape index (κ2) is 5.34. The molecule has 0 spiro atoms. The molecule has 3 N–H and O–H groups in total. The Morgan fingerprint density at radius 2 is 2.31 bits per heavy atom. The first-order valence-corrected chi connectivity index (χ1v) is 4.86. The number of hydrogen-bond donors (Lipinski definition) is 2. The first-order valence-electron chi connectivity index (χ1n) is 4.07. The Morgan fingerprint density at radius 3 is 2.92 bits per heavy atom. The topological polar surface area (TPSA) is 37.9 Å². The molecule has 0 radical (unpaired) electrons. The summed E-state index contributed by atoms with van der Waals surface area (Å²) < 4.78 is 1.07. The molecule has 1 aromatic rings. The fourth-order valence-corrected chi connectivity index (χ4v) is 1.53. The van der Waals surface area contributed by atoms with E-state index in [1.54, 1.807) is 12.6 Å². The highest BCUT2D eigenvalue weighted by molar-refractivity contribution is 9.10. The molecule has 3 nitrogen and oxygen atoms in total. The van der Waals surface area contributed by atoms with E-state index in [0.717, 1.165) is 16.7 Å². The van der Waals surface area contributed by atoms with E-state index < -0.39 is 0 Å². The van der Waals surface area contributed by atoms with Gasteiger partial charge in [-0.1, -0.05) is 22.0 Å². The molecule has 0 aliphatic rings. The molecule has 72 valence electrons. The molecule has 0 heterocycles. The fourth-order valence-electron chi connectivity index (χ4n) is 1.15. The summed E-state index contributed by atoms with van der Waals surface area (Å²) in [5.41, 5.74) is 4.08. The maximum atomic E-state index is 5.00. The van der Waals surface area contributed by atoms with E-state index in [1.807, 2.05) is 19.2 Å². The molecule has 1 rings (SSSR count). The van der Waals surface area contributed by atoms with Crippen molar-refractivity contribution in [3.05, 3.63) is 28.2 Å². The van der Waals surface area contributed by atoms with E-state index in [0.29, 0.717) is 0 Å². The number of halogens is 1. The number of hydrogen-bond acceptors (Lipinski definition) is 2. The van der Waals surface area contributed by atoms with Gasteiger partial charge in [0.05, 0.1) is 7.11 Å². The van der Waals surface area contributed by atoms with Gasteiger partial charge in [0.2, 0.25) is 0 Å². The van der Waals surface area contributed by atoms with E-state index >= 15 is 0 Å². The third kappa shape index (κ3) is 3.08. The number of nitrogens with one attached hydrogen (secondary N) is 1. The van der Waals surface area contributed by atoms with Gasteiger partial charge in [-0.25, -0.2) is 4.84 Å². The van der Waals surface area contributed by atoms with Crippen LogP contribution in [0.25, 0.3) is 0 Å². The van der Waals surface area contributed by atoms with Gasteiger partial charge in [0, 0.05) is 22.6 Å². The minimum absolute atomic E-state index is 0.850. The van der Waals surface area contributed by atoms with Gasteiger partial charge >= 0.3 is 0 Å². The number of quaternary nitrogens is 1. The lowest BCUT2D eigenvalue weighted by molar-refractivity contribution is -0.830. The Hall–Kier alpha value is -0.420. The monoisotopic (exact) mass is 245 g/mol. The quantitative estimate of drug-likeness (QED) is 0.612. The highest BCUT2D eigenvalue weighted by Crippen LogP contribution is 2.17. The standard InChI is InChI=1S/C9H13BrN2O/c1-11-6-7-3-4-8(10)5-9(7)12-13-2/h3-5,11-12H,6H2,1-2H3/p+1. The molecule has 13 heavy (non-hydrogen) atoms. The Balaban J connectivity index is 2.89. The Bertz CT molecular complexity index is 278. The van der Waals surface area contributed by atoms with Gasteiger partial charge in [-0.15, -0.1) is 0 Å². The predicted octanol–water partition coefficient (Wildman–Crippen LogP) is 0.925. The summed E-state index contributed by atoms with van der Waals surface area (Å²) in [4.78, 5) is 5.00. The van der Waals surface area contributed by atoms with Crippen LogP contribution in [0.3, 0.4) is 0 Å². The van der Waals surface area contributed by atoms with Crippen LogP contribution in [-0.2, 0) is 11.4 Å². The molecular formula is C9H14BrN2O+. The summed E-state index contributed by atoms with van der Waals surface area (Å²) in [6.07, 6.45) is 0. The predicted molar refractivity (Wildman–Crippen MR) is 55.5 cm³/mol. The number of nitrogens with two attached hydrogens (primary N) is 1. The molecule has 0 bridgehead atoms. The summed E-state index contributed by atoms with van der Waals surface area (Å²) in [7, 11) is 3.59. The minimum Gasteiger partial charge on any atom is -0.315 e. The van der Waals surface area contributed by atoms with Crippen molar-refractivity contribution in [2.75, 3.05) is 14.2 Å². The van der Waals surface area contributed by atoms with Crippen molar-refractivity contribution in [2.45, 2.75) is 6.54 Å². The minimum atomic E-state index is 0.850. The van der Waals surface area contributed by atoms with Gasteiger partial charge < -0.3 is 5.32 Å². The maximum Gasteiger partial charge on any atom is 0.167 e. The third-order valence-corrected chi connectivity index (χ3v) is 2.21. The van der Waals surface area contributed by atoms with Gasteiger partial charge in [0.25, 0.3) is 0 Å². The van der Waals surface area contributed by atoms with Crippen LogP contribution in [0.2, 0.25) is 0 Å². The van der Waals surface area contributed by atoms with Crippen molar-refractivity contribution >= 4 is 21.6 Å². The lowest BCUT2D eigenvalue weighted by atomic mass is 10.2. The van der Waals surface area contributed by atoms with Crippen LogP contribution >= 0.6 is 15.9 Å². The average molecular weight is 246 g/mol. The highest BCUT2D eigenvalue weighted by Gasteiger charge is 2.05. The Morgan fingerprint density at radius 1 is 1.54 bits per heavy atom. The molecule has 0 aliphatic carbocycles. The molecule has 0 atom stereocenters. The second-order valence-corrected chi connectivity index (χ2v) is 3.64. The lowest BCUT2D eigenvalue weighted by Gasteiger charge is -2.05. The number of benzene rings is 1. The van der Waals surface area contributed by atoms with E-state index in [1.165, 1.54) is 5.56 Å². The smallest absolute Gasteiger partial charge is 0.167 e. The SMILES string of the molecule is CNCc1ccc(Br)cc1[NH2+]OC. The van der Waals surface area contributed by atoms with E-state index in [4.69, 9.17) is 4.84 Å². The van der Waals surface area contributed by atoms with Crippen molar-refractivity contribution in [3.63, 3.8) is 0 Å². The maximum absolute atomic E-state index is 5.00. The third-order valence-electron chi connectivity index (χ3n) is 1.72. The van der Waals surface area contributed by atoms with Crippen LogP contribution in [0.4, 0.5) is 5.69 Å². The van der Waals surface area contributed by atoms with E-state index in [-0.39, 0.29) is 0 Å². The van der Waals surface area contributed by atoms with Gasteiger partial charge in [-0.3, -0.25) is 0 Å². The number of rotatable bonds is 4. The van der Waals surface area contributed by atoms with Crippen LogP contribution in [0.15, 0.2) is 22.7 Å². The van der Waals surface area contributed by atoms with Gasteiger partial charge in [0.1, 0.15) is 0 Å². The average Bonchev–Trinajstić information content (AvgIpc) is 2.10.